The molecule has 4 heteroatoms. The highest BCUT2D eigenvalue weighted by atomic mass is 79.9. The van der Waals surface area contributed by atoms with Gasteiger partial charge in [0, 0.05) is 15.7 Å². The van der Waals surface area contributed by atoms with Gasteiger partial charge in [-0.3, -0.25) is 0 Å². The maximum absolute atomic E-state index is 12.7. The lowest BCUT2D eigenvalue weighted by Gasteiger charge is -2.08. The van der Waals surface area contributed by atoms with E-state index >= 15 is 0 Å². The SMILES string of the molecule is Fc1ccc(NC(=S)c2ccc(Br)cc2)cc1. The molecule has 0 spiro atoms. The minimum Gasteiger partial charge on any atom is -0.346 e. The molecule has 86 valence electrons. The van der Waals surface area contributed by atoms with E-state index in [0.717, 1.165) is 15.7 Å². The van der Waals surface area contributed by atoms with Gasteiger partial charge < -0.3 is 5.32 Å². The van der Waals surface area contributed by atoms with Gasteiger partial charge in [-0.2, -0.15) is 0 Å². The van der Waals surface area contributed by atoms with E-state index in [1.165, 1.54) is 12.1 Å². The first-order valence-corrected chi connectivity index (χ1v) is 6.18. The Morgan fingerprint density at radius 3 is 2.18 bits per heavy atom. The van der Waals surface area contributed by atoms with Gasteiger partial charge in [-0.25, -0.2) is 4.39 Å². The molecule has 1 nitrogen and oxygen atoms in total. The molecule has 0 atom stereocenters. The summed E-state index contributed by atoms with van der Waals surface area (Å²) in [5.41, 5.74) is 1.70. The third-order valence-electron chi connectivity index (χ3n) is 2.21. The van der Waals surface area contributed by atoms with Crippen LogP contribution in [0.5, 0.6) is 0 Å². The Labute approximate surface area is 113 Å². The normalized spacial score (nSPS) is 10.0. The molecule has 0 radical (unpaired) electrons. The van der Waals surface area contributed by atoms with Crippen LogP contribution in [0.4, 0.5) is 10.1 Å². The average Bonchev–Trinajstić information content (AvgIpc) is 2.33. The first-order chi connectivity index (χ1) is 8.15. The van der Waals surface area contributed by atoms with Gasteiger partial charge in [0.25, 0.3) is 0 Å². The standard InChI is InChI=1S/C13H9BrFNS/c14-10-3-1-9(2-4-10)13(17)16-12-7-5-11(15)6-8-12/h1-8H,(H,16,17). The van der Waals surface area contributed by atoms with E-state index in [1.807, 2.05) is 24.3 Å². The monoisotopic (exact) mass is 309 g/mol. The summed E-state index contributed by atoms with van der Waals surface area (Å²) in [6.07, 6.45) is 0. The van der Waals surface area contributed by atoms with E-state index < -0.39 is 0 Å². The predicted molar refractivity (Wildman–Crippen MR) is 75.9 cm³/mol. The van der Waals surface area contributed by atoms with Crippen molar-refractivity contribution < 1.29 is 4.39 Å². The molecule has 17 heavy (non-hydrogen) atoms. The molecule has 0 aliphatic carbocycles. The highest BCUT2D eigenvalue weighted by Gasteiger charge is 2.01. The molecule has 0 saturated carbocycles. The van der Waals surface area contributed by atoms with Gasteiger partial charge in [-0.15, -0.1) is 0 Å². The number of halogens is 2. The number of thiocarbonyl (C=S) groups is 1. The van der Waals surface area contributed by atoms with Crippen molar-refractivity contribution in [1.29, 1.82) is 0 Å². The summed E-state index contributed by atoms with van der Waals surface area (Å²) in [6, 6.07) is 13.8. The van der Waals surface area contributed by atoms with E-state index in [4.69, 9.17) is 12.2 Å². The zero-order valence-corrected chi connectivity index (χ0v) is 11.2. The van der Waals surface area contributed by atoms with Gasteiger partial charge >= 0.3 is 0 Å². The van der Waals surface area contributed by atoms with Crippen molar-refractivity contribution >= 4 is 38.8 Å². The number of hydrogen-bond acceptors (Lipinski definition) is 1. The van der Waals surface area contributed by atoms with Crippen LogP contribution in [0.2, 0.25) is 0 Å². The van der Waals surface area contributed by atoms with Gasteiger partial charge in [-0.05, 0) is 36.4 Å². The molecule has 0 aromatic heterocycles. The highest BCUT2D eigenvalue weighted by molar-refractivity contribution is 9.10. The molecular weight excluding hydrogens is 301 g/mol. The van der Waals surface area contributed by atoms with E-state index in [9.17, 15) is 4.39 Å². The van der Waals surface area contributed by atoms with Gasteiger partial charge in [0.2, 0.25) is 0 Å². The van der Waals surface area contributed by atoms with Crippen molar-refractivity contribution in [3.63, 3.8) is 0 Å². The Morgan fingerprint density at radius 2 is 1.59 bits per heavy atom. The fourth-order valence-corrected chi connectivity index (χ4v) is 1.86. The second kappa shape index (κ2) is 5.38. The molecule has 0 unspecified atom stereocenters. The maximum Gasteiger partial charge on any atom is 0.123 e. The first-order valence-electron chi connectivity index (χ1n) is 4.97. The van der Waals surface area contributed by atoms with Crippen LogP contribution < -0.4 is 5.32 Å². The van der Waals surface area contributed by atoms with Crippen LogP contribution in [0, 0.1) is 5.82 Å². The second-order valence-electron chi connectivity index (χ2n) is 3.47. The average molecular weight is 310 g/mol. The van der Waals surface area contributed by atoms with Crippen LogP contribution >= 0.6 is 28.1 Å². The quantitative estimate of drug-likeness (QED) is 0.826. The summed E-state index contributed by atoms with van der Waals surface area (Å²) in [5.74, 6) is -0.259. The molecule has 0 aliphatic rings. The van der Waals surface area contributed by atoms with Crippen molar-refractivity contribution in [2.45, 2.75) is 0 Å². The van der Waals surface area contributed by atoms with E-state index in [2.05, 4.69) is 21.2 Å². The Bertz CT molecular complexity index is 522. The summed E-state index contributed by atoms with van der Waals surface area (Å²) in [4.78, 5) is 0.615. The van der Waals surface area contributed by atoms with Crippen LogP contribution in [-0.4, -0.2) is 4.99 Å². The number of anilines is 1. The molecule has 1 N–H and O–H groups in total. The molecule has 0 saturated heterocycles. The Hall–Kier alpha value is -1.26. The molecule has 0 fully saturated rings. The van der Waals surface area contributed by atoms with Crippen LogP contribution in [0.15, 0.2) is 53.0 Å². The summed E-state index contributed by atoms with van der Waals surface area (Å²) >= 11 is 8.62. The largest absolute Gasteiger partial charge is 0.346 e. The third kappa shape index (κ3) is 3.35. The van der Waals surface area contributed by atoms with Gasteiger partial charge in [0.1, 0.15) is 10.8 Å². The van der Waals surface area contributed by atoms with Crippen LogP contribution in [0.25, 0.3) is 0 Å². The topological polar surface area (TPSA) is 12.0 Å². The summed E-state index contributed by atoms with van der Waals surface area (Å²) in [7, 11) is 0. The molecule has 2 rings (SSSR count). The van der Waals surface area contributed by atoms with Crippen molar-refractivity contribution in [2.24, 2.45) is 0 Å². The van der Waals surface area contributed by atoms with Crippen molar-refractivity contribution in [3.05, 3.63) is 64.4 Å². The number of benzene rings is 2. The summed E-state index contributed by atoms with van der Waals surface area (Å²) in [6.45, 7) is 0. The van der Waals surface area contributed by atoms with Crippen LogP contribution in [0.1, 0.15) is 5.56 Å². The van der Waals surface area contributed by atoms with Crippen LogP contribution in [-0.2, 0) is 0 Å². The van der Waals surface area contributed by atoms with Crippen molar-refractivity contribution in [3.8, 4) is 0 Å². The predicted octanol–water partition coefficient (Wildman–Crippen LogP) is 4.38. The molecule has 0 aliphatic heterocycles. The minimum absolute atomic E-state index is 0.259. The molecule has 2 aromatic rings. The zero-order valence-electron chi connectivity index (χ0n) is 8.78. The fraction of sp³-hybridized carbons (Fsp3) is 0. The summed E-state index contributed by atoms with van der Waals surface area (Å²) in [5, 5.41) is 3.05. The third-order valence-corrected chi connectivity index (χ3v) is 3.07. The van der Waals surface area contributed by atoms with Gasteiger partial charge in [0.05, 0.1) is 0 Å². The lowest BCUT2D eigenvalue weighted by Crippen LogP contribution is -2.10. The Kier molecular flexibility index (Phi) is 3.86. The molecule has 0 amide bonds. The van der Waals surface area contributed by atoms with E-state index in [1.54, 1.807) is 12.1 Å². The Morgan fingerprint density at radius 1 is 1.00 bits per heavy atom. The second-order valence-corrected chi connectivity index (χ2v) is 4.79. The number of hydrogen-bond donors (Lipinski definition) is 1. The summed E-state index contributed by atoms with van der Waals surface area (Å²) < 4.78 is 13.7. The lowest BCUT2D eigenvalue weighted by molar-refractivity contribution is 0.628. The van der Waals surface area contributed by atoms with Gasteiger partial charge in [-0.1, -0.05) is 40.3 Å². The van der Waals surface area contributed by atoms with E-state index in [0.29, 0.717) is 4.99 Å². The van der Waals surface area contributed by atoms with Gasteiger partial charge in [0.15, 0.2) is 0 Å². The molecule has 0 bridgehead atoms. The molecule has 2 aromatic carbocycles. The van der Waals surface area contributed by atoms with E-state index in [-0.39, 0.29) is 5.82 Å². The van der Waals surface area contributed by atoms with Crippen LogP contribution in [0.3, 0.4) is 0 Å². The Balaban J connectivity index is 2.11. The van der Waals surface area contributed by atoms with Crippen molar-refractivity contribution in [2.75, 3.05) is 5.32 Å². The van der Waals surface area contributed by atoms with Crippen molar-refractivity contribution in [1.82, 2.24) is 0 Å². The highest BCUT2D eigenvalue weighted by Crippen LogP contribution is 2.14. The lowest BCUT2D eigenvalue weighted by atomic mass is 10.2. The number of rotatable bonds is 2. The number of nitrogens with one attached hydrogen (secondary N) is 1. The molecule has 0 heterocycles. The zero-order chi connectivity index (χ0) is 12.3. The minimum atomic E-state index is -0.259. The fourth-order valence-electron chi connectivity index (χ4n) is 1.34. The first kappa shape index (κ1) is 12.2. The molecular formula is C13H9BrFNS. The maximum atomic E-state index is 12.7. The smallest absolute Gasteiger partial charge is 0.123 e.